The van der Waals surface area contributed by atoms with Gasteiger partial charge in [-0.1, -0.05) is 15.9 Å². The van der Waals surface area contributed by atoms with Gasteiger partial charge in [0.25, 0.3) is 0 Å². The number of hydrogen-bond donors (Lipinski definition) is 0. The highest BCUT2D eigenvalue weighted by Crippen LogP contribution is 2.43. The molecule has 104 valence electrons. The lowest BCUT2D eigenvalue weighted by Gasteiger charge is -2.16. The average molecular weight is 326 g/mol. The highest BCUT2D eigenvalue weighted by Gasteiger charge is 2.33. The summed E-state index contributed by atoms with van der Waals surface area (Å²) in [6.07, 6.45) is 0.948. The third kappa shape index (κ3) is 2.56. The molecule has 1 aliphatic heterocycles. The monoisotopic (exact) mass is 325 g/mol. The van der Waals surface area contributed by atoms with E-state index in [1.54, 1.807) is 14.0 Å². The highest BCUT2D eigenvalue weighted by molar-refractivity contribution is 9.10. The van der Waals surface area contributed by atoms with Gasteiger partial charge in [0.05, 0.1) is 0 Å². The van der Waals surface area contributed by atoms with Gasteiger partial charge in [0.15, 0.2) is 0 Å². The molecule has 1 heterocycles. The predicted octanol–water partition coefficient (Wildman–Crippen LogP) is 3.55. The summed E-state index contributed by atoms with van der Waals surface area (Å²) in [4.78, 5) is 13.7. The van der Waals surface area contributed by atoms with E-state index >= 15 is 0 Å². The van der Waals surface area contributed by atoms with Gasteiger partial charge in [-0.25, -0.2) is 0 Å². The fourth-order valence-electron chi connectivity index (χ4n) is 2.89. The molecule has 0 bridgehead atoms. The molecule has 3 nitrogen and oxygen atoms in total. The van der Waals surface area contributed by atoms with Crippen LogP contribution < -0.4 is 4.90 Å². The maximum Gasteiger partial charge on any atom is 0.223 e. The second kappa shape index (κ2) is 5.63. The van der Waals surface area contributed by atoms with Crippen LogP contribution in [0.15, 0.2) is 10.5 Å². The van der Waals surface area contributed by atoms with Crippen molar-refractivity contribution in [3.05, 3.63) is 27.2 Å². The minimum atomic E-state index is 0.113. The van der Waals surface area contributed by atoms with Crippen molar-refractivity contribution in [3.8, 4) is 0 Å². The minimum Gasteiger partial charge on any atom is -0.385 e. The molecule has 0 N–H and O–H groups in total. The van der Waals surface area contributed by atoms with Crippen LogP contribution in [0.1, 0.15) is 36.0 Å². The van der Waals surface area contributed by atoms with E-state index in [4.69, 9.17) is 4.74 Å². The summed E-state index contributed by atoms with van der Waals surface area (Å²) in [7, 11) is 1.72. The van der Waals surface area contributed by atoms with Crippen LogP contribution in [0.25, 0.3) is 0 Å². The zero-order chi connectivity index (χ0) is 14.2. The summed E-state index contributed by atoms with van der Waals surface area (Å²) in [5.41, 5.74) is 4.80. The molecule has 1 unspecified atom stereocenters. The van der Waals surface area contributed by atoms with Gasteiger partial charge in [-0.3, -0.25) is 4.79 Å². The maximum absolute atomic E-state index is 11.8. The smallest absolute Gasteiger partial charge is 0.223 e. The first-order valence-corrected chi connectivity index (χ1v) is 7.33. The predicted molar refractivity (Wildman–Crippen MR) is 80.9 cm³/mol. The van der Waals surface area contributed by atoms with Crippen LogP contribution >= 0.6 is 15.9 Å². The van der Waals surface area contributed by atoms with E-state index in [1.165, 1.54) is 16.7 Å². The Morgan fingerprint density at radius 2 is 2.21 bits per heavy atom. The van der Waals surface area contributed by atoms with Crippen molar-refractivity contribution in [1.82, 2.24) is 0 Å². The first-order valence-electron chi connectivity index (χ1n) is 6.54. The normalized spacial score (nSPS) is 17.7. The van der Waals surface area contributed by atoms with Gasteiger partial charge in [0.2, 0.25) is 5.91 Å². The number of halogens is 1. The summed E-state index contributed by atoms with van der Waals surface area (Å²) < 4.78 is 6.35. The molecule has 0 saturated heterocycles. The Kier molecular flexibility index (Phi) is 4.31. The van der Waals surface area contributed by atoms with Crippen LogP contribution in [0.5, 0.6) is 0 Å². The third-order valence-corrected chi connectivity index (χ3v) is 5.08. The fourth-order valence-corrected chi connectivity index (χ4v) is 3.22. The van der Waals surface area contributed by atoms with Crippen LogP contribution in [0.3, 0.4) is 0 Å². The van der Waals surface area contributed by atoms with E-state index in [1.807, 2.05) is 4.90 Å². The van der Waals surface area contributed by atoms with Crippen LogP contribution in [0, 0.1) is 13.8 Å². The van der Waals surface area contributed by atoms with Crippen molar-refractivity contribution >= 4 is 27.5 Å². The summed E-state index contributed by atoms with van der Waals surface area (Å²) in [5.74, 6) is 0.484. The zero-order valence-electron chi connectivity index (χ0n) is 11.9. The molecule has 0 saturated carbocycles. The van der Waals surface area contributed by atoms with Crippen molar-refractivity contribution in [1.29, 1.82) is 0 Å². The number of carbonyl (C=O) groups excluding carboxylic acids is 1. The first kappa shape index (κ1) is 14.5. The summed E-state index contributed by atoms with van der Waals surface area (Å²) in [6, 6.07) is 2.11. The Labute approximate surface area is 123 Å². The summed E-state index contributed by atoms with van der Waals surface area (Å²) >= 11 is 3.65. The molecule has 0 spiro atoms. The van der Waals surface area contributed by atoms with E-state index < -0.39 is 0 Å². The number of aryl methyl sites for hydroxylation is 1. The molecule has 19 heavy (non-hydrogen) atoms. The van der Waals surface area contributed by atoms with Gasteiger partial charge in [-0.2, -0.15) is 0 Å². The van der Waals surface area contributed by atoms with Crippen LogP contribution in [-0.4, -0.2) is 26.2 Å². The summed E-state index contributed by atoms with van der Waals surface area (Å²) in [6.45, 7) is 7.32. The molecule has 1 aliphatic rings. The van der Waals surface area contributed by atoms with Crippen molar-refractivity contribution in [2.45, 2.75) is 33.1 Å². The highest BCUT2D eigenvalue weighted by atomic mass is 79.9. The van der Waals surface area contributed by atoms with Crippen LogP contribution in [-0.2, 0) is 9.53 Å². The van der Waals surface area contributed by atoms with Crippen molar-refractivity contribution in [2.75, 3.05) is 25.2 Å². The maximum atomic E-state index is 11.8. The topological polar surface area (TPSA) is 29.5 Å². The molecule has 0 aliphatic carbocycles. The number of methoxy groups -OCH3 is 1. The number of hydrogen-bond acceptors (Lipinski definition) is 2. The van der Waals surface area contributed by atoms with Crippen LogP contribution in [0.4, 0.5) is 5.69 Å². The number of ether oxygens (including phenoxy) is 1. The van der Waals surface area contributed by atoms with E-state index in [-0.39, 0.29) is 5.91 Å². The van der Waals surface area contributed by atoms with Crippen molar-refractivity contribution < 1.29 is 9.53 Å². The Hall–Kier alpha value is -0.870. The molecule has 0 aromatic heterocycles. The molecule has 0 radical (unpaired) electrons. The van der Waals surface area contributed by atoms with Gasteiger partial charge >= 0.3 is 0 Å². The molecule has 1 amide bonds. The van der Waals surface area contributed by atoms with E-state index in [9.17, 15) is 4.79 Å². The van der Waals surface area contributed by atoms with E-state index in [0.717, 1.165) is 29.7 Å². The van der Waals surface area contributed by atoms with E-state index in [2.05, 4.69) is 35.8 Å². The number of nitrogens with zero attached hydrogens (tertiary/aromatic N) is 1. The molecule has 4 heteroatoms. The molecule has 1 aromatic carbocycles. The Morgan fingerprint density at radius 1 is 1.53 bits per heavy atom. The molecule has 1 atom stereocenters. The van der Waals surface area contributed by atoms with Gasteiger partial charge in [-0.15, -0.1) is 0 Å². The summed E-state index contributed by atoms with van der Waals surface area (Å²) in [5, 5.41) is 0. The quantitative estimate of drug-likeness (QED) is 0.850. The van der Waals surface area contributed by atoms with Crippen LogP contribution in [0.2, 0.25) is 0 Å². The Bertz CT molecular complexity index is 513. The molecular weight excluding hydrogens is 306 g/mol. The van der Waals surface area contributed by atoms with Crippen molar-refractivity contribution in [3.63, 3.8) is 0 Å². The lowest BCUT2D eigenvalue weighted by atomic mass is 9.93. The second-order valence-electron chi connectivity index (χ2n) is 5.17. The second-order valence-corrected chi connectivity index (χ2v) is 5.97. The zero-order valence-corrected chi connectivity index (χ0v) is 13.5. The Balaban J connectivity index is 2.49. The fraction of sp³-hybridized carbons (Fsp3) is 0.533. The van der Waals surface area contributed by atoms with E-state index in [0.29, 0.717) is 5.92 Å². The Morgan fingerprint density at radius 3 is 2.79 bits per heavy atom. The average Bonchev–Trinajstić information content (AvgIpc) is 2.72. The van der Waals surface area contributed by atoms with Gasteiger partial charge < -0.3 is 9.64 Å². The first-order chi connectivity index (χ1) is 8.97. The SMILES string of the molecule is COCCC1CN(C(C)=O)c2cc(C)c(Br)c(C)c21. The number of benzene rings is 1. The number of anilines is 1. The lowest BCUT2D eigenvalue weighted by molar-refractivity contribution is -0.116. The molecule has 2 rings (SSSR count). The van der Waals surface area contributed by atoms with Gasteiger partial charge in [0.1, 0.15) is 0 Å². The largest absolute Gasteiger partial charge is 0.385 e. The number of rotatable bonds is 3. The molecule has 0 fully saturated rings. The lowest BCUT2D eigenvalue weighted by Crippen LogP contribution is -2.27. The number of fused-ring (bicyclic) bond motifs is 1. The number of amides is 1. The van der Waals surface area contributed by atoms with Gasteiger partial charge in [-0.05, 0) is 43.0 Å². The molecule has 1 aromatic rings. The van der Waals surface area contributed by atoms with Crippen molar-refractivity contribution in [2.24, 2.45) is 0 Å². The minimum absolute atomic E-state index is 0.113. The van der Waals surface area contributed by atoms with Gasteiger partial charge in [0, 0.05) is 43.3 Å². The standard InChI is InChI=1S/C15H20BrNO2/c1-9-7-13-14(10(2)15(9)16)12(5-6-19-4)8-17(13)11(3)18/h7,12H,5-6,8H2,1-4H3. The third-order valence-electron chi connectivity index (χ3n) is 3.86. The number of carbonyl (C=O) groups is 1. The molecular formula is C15H20BrNO2.